The third-order valence-electron chi connectivity index (χ3n) is 3.81. The molecule has 1 aromatic heterocycles. The van der Waals surface area contributed by atoms with Gasteiger partial charge in [0.05, 0.1) is 31.1 Å². The van der Waals surface area contributed by atoms with Crippen molar-refractivity contribution >= 4 is 27.7 Å². The summed E-state index contributed by atoms with van der Waals surface area (Å²) in [6.07, 6.45) is 3.99. The third-order valence-corrected chi connectivity index (χ3v) is 4.31. The zero-order chi connectivity index (χ0) is 16.4. The normalized spacial score (nSPS) is 19.3. The third kappa shape index (κ3) is 3.67. The second-order valence-electron chi connectivity index (χ2n) is 5.39. The standard InChI is InChI=1S/C16H15BrFN3O2/c1-23-16(22)12-5-11(12)14-7-21-15(8-19-14)20-6-9-4-10(17)2-3-13(9)18/h2-4,7-8,11-12H,5-6H2,1H3,(H,20,21)/t11-,12-/m1/s1. The summed E-state index contributed by atoms with van der Waals surface area (Å²) in [5, 5.41) is 3.03. The Labute approximate surface area is 141 Å². The highest BCUT2D eigenvalue weighted by molar-refractivity contribution is 9.10. The average molecular weight is 380 g/mol. The molecule has 0 spiro atoms. The van der Waals surface area contributed by atoms with E-state index in [1.807, 2.05) is 0 Å². The van der Waals surface area contributed by atoms with Crippen LogP contribution < -0.4 is 5.32 Å². The molecule has 3 rings (SSSR count). The highest BCUT2D eigenvalue weighted by Gasteiger charge is 2.46. The molecule has 2 aromatic rings. The van der Waals surface area contributed by atoms with Crippen molar-refractivity contribution in [2.45, 2.75) is 18.9 Å². The van der Waals surface area contributed by atoms with E-state index >= 15 is 0 Å². The van der Waals surface area contributed by atoms with E-state index in [0.717, 1.165) is 16.6 Å². The van der Waals surface area contributed by atoms with Crippen LogP contribution in [0.2, 0.25) is 0 Å². The Kier molecular flexibility index (Phi) is 4.56. The van der Waals surface area contributed by atoms with E-state index in [9.17, 15) is 9.18 Å². The van der Waals surface area contributed by atoms with Gasteiger partial charge in [-0.3, -0.25) is 9.78 Å². The van der Waals surface area contributed by atoms with Gasteiger partial charge in [0.2, 0.25) is 0 Å². The maximum absolute atomic E-state index is 13.7. The molecule has 1 aromatic carbocycles. The molecular formula is C16H15BrFN3O2. The fraction of sp³-hybridized carbons (Fsp3) is 0.312. The van der Waals surface area contributed by atoms with Crippen LogP contribution in [0.15, 0.2) is 35.1 Å². The topological polar surface area (TPSA) is 64.1 Å². The summed E-state index contributed by atoms with van der Waals surface area (Å²) in [4.78, 5) is 20.0. The first-order valence-electron chi connectivity index (χ1n) is 7.16. The van der Waals surface area contributed by atoms with Crippen LogP contribution in [0.25, 0.3) is 0 Å². The van der Waals surface area contributed by atoms with Crippen LogP contribution in [0.3, 0.4) is 0 Å². The molecule has 120 valence electrons. The zero-order valence-electron chi connectivity index (χ0n) is 12.4. The summed E-state index contributed by atoms with van der Waals surface area (Å²) in [6, 6.07) is 4.78. The minimum absolute atomic E-state index is 0.0894. The fourth-order valence-corrected chi connectivity index (χ4v) is 2.83. The van der Waals surface area contributed by atoms with Crippen LogP contribution in [0.5, 0.6) is 0 Å². The predicted molar refractivity (Wildman–Crippen MR) is 86.3 cm³/mol. The highest BCUT2D eigenvalue weighted by Crippen LogP contribution is 2.47. The lowest BCUT2D eigenvalue weighted by molar-refractivity contribution is -0.142. The number of rotatable bonds is 5. The largest absolute Gasteiger partial charge is 0.469 e. The summed E-state index contributed by atoms with van der Waals surface area (Å²) in [5.41, 5.74) is 1.32. The van der Waals surface area contributed by atoms with Gasteiger partial charge in [-0.25, -0.2) is 9.37 Å². The number of hydrogen-bond donors (Lipinski definition) is 1. The van der Waals surface area contributed by atoms with E-state index in [2.05, 4.69) is 31.2 Å². The van der Waals surface area contributed by atoms with Gasteiger partial charge in [-0.1, -0.05) is 15.9 Å². The molecule has 0 unspecified atom stereocenters. The second-order valence-corrected chi connectivity index (χ2v) is 6.30. The monoisotopic (exact) mass is 379 g/mol. The molecule has 1 saturated carbocycles. The number of carbonyl (C=O) groups excluding carboxylic acids is 1. The molecule has 0 bridgehead atoms. The molecule has 1 aliphatic carbocycles. The number of nitrogens with one attached hydrogen (secondary N) is 1. The molecule has 0 aliphatic heterocycles. The summed E-state index contributed by atoms with van der Waals surface area (Å²) in [5.74, 6) is 0.0621. The first kappa shape index (κ1) is 15.9. The Morgan fingerprint density at radius 3 is 2.96 bits per heavy atom. The van der Waals surface area contributed by atoms with E-state index in [-0.39, 0.29) is 23.6 Å². The number of halogens is 2. The van der Waals surface area contributed by atoms with Gasteiger partial charge in [0.15, 0.2) is 0 Å². The Balaban J connectivity index is 1.60. The van der Waals surface area contributed by atoms with Crippen molar-refractivity contribution in [3.05, 3.63) is 52.1 Å². The van der Waals surface area contributed by atoms with Gasteiger partial charge in [-0.15, -0.1) is 0 Å². The van der Waals surface area contributed by atoms with Crippen LogP contribution in [0, 0.1) is 11.7 Å². The fourth-order valence-electron chi connectivity index (χ4n) is 2.42. The number of nitrogens with zero attached hydrogens (tertiary/aromatic N) is 2. The van der Waals surface area contributed by atoms with Gasteiger partial charge in [-0.2, -0.15) is 0 Å². The molecule has 1 heterocycles. The molecule has 0 saturated heterocycles. The van der Waals surface area contributed by atoms with E-state index in [1.165, 1.54) is 13.2 Å². The number of aromatic nitrogens is 2. The number of anilines is 1. The molecule has 0 radical (unpaired) electrons. The number of methoxy groups -OCH3 is 1. The molecule has 7 heteroatoms. The lowest BCUT2D eigenvalue weighted by Gasteiger charge is -2.07. The molecular weight excluding hydrogens is 365 g/mol. The lowest BCUT2D eigenvalue weighted by Crippen LogP contribution is -2.06. The minimum atomic E-state index is -0.274. The van der Waals surface area contributed by atoms with Gasteiger partial charge in [0, 0.05) is 22.5 Å². The molecule has 1 fully saturated rings. The van der Waals surface area contributed by atoms with Crippen molar-refractivity contribution in [3.8, 4) is 0 Å². The van der Waals surface area contributed by atoms with Gasteiger partial charge in [-0.05, 0) is 24.6 Å². The van der Waals surface area contributed by atoms with Crippen molar-refractivity contribution < 1.29 is 13.9 Å². The summed E-state index contributed by atoms with van der Waals surface area (Å²) in [6.45, 7) is 0.313. The second kappa shape index (κ2) is 6.62. The maximum Gasteiger partial charge on any atom is 0.309 e. The predicted octanol–water partition coefficient (Wildman–Crippen LogP) is 3.27. The van der Waals surface area contributed by atoms with Crippen molar-refractivity contribution in [3.63, 3.8) is 0 Å². The number of carbonyl (C=O) groups is 1. The Hall–Kier alpha value is -2.02. The quantitative estimate of drug-likeness (QED) is 0.807. The van der Waals surface area contributed by atoms with Gasteiger partial charge in [0.1, 0.15) is 11.6 Å². The van der Waals surface area contributed by atoms with Crippen LogP contribution in [0.4, 0.5) is 10.2 Å². The van der Waals surface area contributed by atoms with Crippen molar-refractivity contribution in [1.29, 1.82) is 0 Å². The Morgan fingerprint density at radius 2 is 2.26 bits per heavy atom. The Bertz CT molecular complexity index is 724. The maximum atomic E-state index is 13.7. The van der Waals surface area contributed by atoms with Crippen LogP contribution >= 0.6 is 15.9 Å². The molecule has 2 atom stereocenters. The summed E-state index contributed by atoms with van der Waals surface area (Å²) < 4.78 is 19.2. The number of benzene rings is 1. The molecule has 0 amide bonds. The van der Waals surface area contributed by atoms with E-state index < -0.39 is 0 Å². The first-order chi connectivity index (χ1) is 11.1. The first-order valence-corrected chi connectivity index (χ1v) is 7.95. The number of esters is 1. The van der Waals surface area contributed by atoms with Gasteiger partial charge < -0.3 is 10.1 Å². The van der Waals surface area contributed by atoms with E-state index in [4.69, 9.17) is 4.74 Å². The van der Waals surface area contributed by atoms with Crippen molar-refractivity contribution in [2.75, 3.05) is 12.4 Å². The lowest BCUT2D eigenvalue weighted by atomic mass is 10.2. The average Bonchev–Trinajstić information content (AvgIpc) is 3.36. The van der Waals surface area contributed by atoms with E-state index in [1.54, 1.807) is 24.5 Å². The SMILES string of the molecule is COC(=O)[C@@H]1C[C@H]1c1cnc(NCc2cc(Br)ccc2F)cn1. The molecule has 23 heavy (non-hydrogen) atoms. The van der Waals surface area contributed by atoms with Gasteiger partial charge >= 0.3 is 5.97 Å². The Morgan fingerprint density at radius 1 is 1.43 bits per heavy atom. The molecule has 5 nitrogen and oxygen atoms in total. The van der Waals surface area contributed by atoms with Crippen LogP contribution in [0.1, 0.15) is 23.6 Å². The smallest absolute Gasteiger partial charge is 0.309 e. The zero-order valence-corrected chi connectivity index (χ0v) is 14.0. The minimum Gasteiger partial charge on any atom is -0.469 e. The summed E-state index contributed by atoms with van der Waals surface area (Å²) >= 11 is 3.32. The number of ether oxygens (including phenoxy) is 1. The van der Waals surface area contributed by atoms with Crippen molar-refractivity contribution in [1.82, 2.24) is 9.97 Å². The number of hydrogen-bond acceptors (Lipinski definition) is 5. The highest BCUT2D eigenvalue weighted by atomic mass is 79.9. The van der Waals surface area contributed by atoms with E-state index in [0.29, 0.717) is 17.9 Å². The molecule has 1 N–H and O–H groups in total. The summed E-state index contributed by atoms with van der Waals surface area (Å²) in [7, 11) is 1.39. The van der Waals surface area contributed by atoms with Gasteiger partial charge in [0.25, 0.3) is 0 Å². The van der Waals surface area contributed by atoms with Crippen LogP contribution in [-0.2, 0) is 16.1 Å². The van der Waals surface area contributed by atoms with Crippen molar-refractivity contribution in [2.24, 2.45) is 5.92 Å². The van der Waals surface area contributed by atoms with Crippen LogP contribution in [-0.4, -0.2) is 23.0 Å². The molecule has 1 aliphatic rings.